The first-order valence-corrected chi connectivity index (χ1v) is 34.7. The summed E-state index contributed by atoms with van der Waals surface area (Å²) in [6.45, 7) is 2.50. The summed E-state index contributed by atoms with van der Waals surface area (Å²) in [4.78, 5) is 223. The summed E-state index contributed by atoms with van der Waals surface area (Å²) >= 11 is 0. The number of carboxylic acid groups (broad SMARTS) is 2. The van der Waals surface area contributed by atoms with Crippen LogP contribution in [0.25, 0.3) is 10.9 Å². The number of nitrogens with one attached hydrogen (secondary N) is 13. The van der Waals surface area contributed by atoms with E-state index in [4.69, 9.17) is 21.9 Å². The summed E-state index contributed by atoms with van der Waals surface area (Å²) in [6, 6.07) is -3.49. The van der Waals surface area contributed by atoms with E-state index in [0.29, 0.717) is 28.5 Å². The molecule has 0 bridgehead atoms. The highest BCUT2D eigenvalue weighted by atomic mass is 16.5. The standard InChI is InChI=1S/C68H100N16O21/c1-5-7-8-9-10-14-19-40(86)28-52(88)77-50(35-85)65(101)84-58-37(4)105-68(104)49(26-38-17-12-11-13-18-38)82-62(98)44(23-25-70)78-66(102)57(36(3)6-2)83-64(100)45(27-39-32-72-42-21-16-15-20-41(39)42)75-53(89)33-73-60(96)48(31-56(93)94)81-63(99)46(29-51(71)87)76-54(90)34-74-59(95)47(30-55(91)92)80-61(97)43(22-24-69)79-67(58)103/h11-13,15-18,20-21,32,36-37,40,43-50,57-58,72,85-86H,5-10,14,19,22-31,33-35,69-70H2,1-4H3,(H2,71,87)(H,73,96)(H,74,95)(H,75,89)(H,76,90)(H,77,88)(H,78,102)(H,79,103)(H,80,97)(H,81,99)(H,82,98)(H,83,100)(H,84,101)(H,91,92)(H,93,94)/t36-,37+,40?,43+,44-,45-,46+,47-,48+,49-,50+,57-,58-/m0/s1. The second-order valence-electron chi connectivity index (χ2n) is 25.5. The molecule has 0 radical (unpaired) electrons. The van der Waals surface area contributed by atoms with Crippen LogP contribution >= 0.6 is 0 Å². The topological polar surface area (TPSA) is 601 Å². The lowest BCUT2D eigenvalue weighted by Crippen LogP contribution is -2.62. The highest BCUT2D eigenvalue weighted by Gasteiger charge is 2.40. The molecule has 13 atom stereocenters. The Bertz CT molecular complexity index is 3500. The lowest BCUT2D eigenvalue weighted by atomic mass is 9.96. The van der Waals surface area contributed by atoms with Gasteiger partial charge in [0.25, 0.3) is 0 Å². The van der Waals surface area contributed by atoms with Gasteiger partial charge in [-0.05, 0) is 62.4 Å². The molecule has 1 aliphatic rings. The molecular formula is C68H100N16O21. The fourth-order valence-corrected chi connectivity index (χ4v) is 11.1. The highest BCUT2D eigenvalue weighted by molar-refractivity contribution is 6.01. The van der Waals surface area contributed by atoms with Crippen molar-refractivity contribution < 1.29 is 102 Å². The van der Waals surface area contributed by atoms with Gasteiger partial charge in [0.1, 0.15) is 66.5 Å². The number of ether oxygens (including phenoxy) is 1. The number of fused-ring (bicyclic) bond motifs is 1. The number of aliphatic hydroxyl groups excluding tert-OH is 2. The molecule has 0 aliphatic carbocycles. The van der Waals surface area contributed by atoms with Crippen LogP contribution in [0.2, 0.25) is 0 Å². The van der Waals surface area contributed by atoms with Gasteiger partial charge in [0.2, 0.25) is 76.8 Å². The largest absolute Gasteiger partial charge is 0.481 e. The third-order valence-corrected chi connectivity index (χ3v) is 17.0. The molecule has 1 unspecified atom stereocenters. The number of primary amides is 1. The summed E-state index contributed by atoms with van der Waals surface area (Å²) in [5.74, 6) is -21.0. The molecule has 23 N–H and O–H groups in total. The summed E-state index contributed by atoms with van der Waals surface area (Å²) in [5, 5.41) is 69.2. The van der Waals surface area contributed by atoms with Crippen LogP contribution in [0.5, 0.6) is 0 Å². The number of H-pyrrole nitrogens is 1. The van der Waals surface area contributed by atoms with Crippen molar-refractivity contribution in [1.82, 2.24) is 68.8 Å². The summed E-state index contributed by atoms with van der Waals surface area (Å²) < 4.78 is 5.87. The highest BCUT2D eigenvalue weighted by Crippen LogP contribution is 2.21. The second kappa shape index (κ2) is 44.8. The number of carbonyl (C=O) groups is 16. The average Bonchev–Trinajstić information content (AvgIpc) is 1.77. The molecule has 105 heavy (non-hydrogen) atoms. The third-order valence-electron chi connectivity index (χ3n) is 17.0. The number of hydrogen-bond donors (Lipinski definition) is 20. The lowest BCUT2D eigenvalue weighted by molar-refractivity contribution is -0.156. The SMILES string of the molecule is CCCCCCCCC(O)CC(=O)N[C@H](CO)C(=O)N[C@@H]1C(=O)N[C@H](CCN)C(=O)N[C@@H](CC(=O)O)C(=O)NCC(=O)N[C@H](CC(N)=O)C(=O)N[C@H](CC(=O)O)C(=O)NCC(=O)N[C@@H](Cc2c[nH]c3ccccc23)C(=O)N[C@@H]([C@@H](C)CC)C(=O)N[C@@H](CCN)C(=O)N[C@@H](Cc2ccccc2)C(=O)O[C@@H]1C. The van der Waals surface area contributed by atoms with E-state index >= 15 is 0 Å². The summed E-state index contributed by atoms with van der Waals surface area (Å²) in [5.41, 5.74) is 18.8. The van der Waals surface area contributed by atoms with Crippen LogP contribution in [0.3, 0.4) is 0 Å². The summed E-state index contributed by atoms with van der Waals surface area (Å²) in [6.07, 6.45) is -1.05. The predicted molar refractivity (Wildman–Crippen MR) is 374 cm³/mol. The van der Waals surface area contributed by atoms with Crippen molar-refractivity contribution in [2.75, 3.05) is 32.8 Å². The fraction of sp³-hybridized carbons (Fsp3) is 0.559. The number of nitrogens with two attached hydrogens (primary N) is 3. The van der Waals surface area contributed by atoms with Crippen molar-refractivity contribution in [3.05, 3.63) is 71.9 Å². The number of hydrogen-bond acceptors (Lipinski definition) is 21. The Labute approximate surface area is 605 Å². The van der Waals surface area contributed by atoms with E-state index in [0.717, 1.165) is 39.0 Å². The van der Waals surface area contributed by atoms with E-state index in [9.17, 15) is 97.1 Å². The van der Waals surface area contributed by atoms with E-state index < -0.39 is 232 Å². The zero-order valence-electron chi connectivity index (χ0n) is 59.1. The van der Waals surface area contributed by atoms with Gasteiger partial charge in [0.15, 0.2) is 0 Å². The van der Waals surface area contributed by atoms with Gasteiger partial charge in [-0.3, -0.25) is 71.9 Å². The molecule has 2 heterocycles. The maximum atomic E-state index is 14.8. The van der Waals surface area contributed by atoms with Gasteiger partial charge in [-0.15, -0.1) is 0 Å². The molecule has 1 fully saturated rings. The van der Waals surface area contributed by atoms with Gasteiger partial charge in [0, 0.05) is 29.9 Å². The number of rotatable bonds is 29. The van der Waals surface area contributed by atoms with E-state index in [1.165, 1.54) is 0 Å². The predicted octanol–water partition coefficient (Wildman–Crippen LogP) is -4.96. The Morgan fingerprint density at radius 1 is 0.590 bits per heavy atom. The number of carbonyl (C=O) groups excluding carboxylic acids is 14. The number of carboxylic acids is 2. The number of aliphatic carboxylic acids is 2. The monoisotopic (exact) mass is 1480 g/mol. The molecule has 0 saturated carbocycles. The van der Waals surface area contributed by atoms with Gasteiger partial charge in [0.05, 0.1) is 51.5 Å². The number of aliphatic hydroxyl groups is 2. The summed E-state index contributed by atoms with van der Waals surface area (Å²) in [7, 11) is 0. The van der Waals surface area contributed by atoms with Crippen LogP contribution in [-0.4, -0.2) is 226 Å². The molecule has 37 heteroatoms. The molecule has 13 amide bonds. The number of amides is 13. The molecule has 2 aromatic carbocycles. The number of cyclic esters (lactones) is 1. The molecule has 37 nitrogen and oxygen atoms in total. The first-order valence-electron chi connectivity index (χ1n) is 34.7. The molecule has 1 aromatic heterocycles. The second-order valence-corrected chi connectivity index (χ2v) is 25.5. The first kappa shape index (κ1) is 86.7. The first-order chi connectivity index (χ1) is 49.9. The van der Waals surface area contributed by atoms with Crippen molar-refractivity contribution in [2.45, 2.75) is 203 Å². The molecule has 578 valence electrons. The molecule has 1 aliphatic heterocycles. The van der Waals surface area contributed by atoms with Crippen LogP contribution < -0.4 is 81.0 Å². The van der Waals surface area contributed by atoms with Crippen LogP contribution in [0.1, 0.15) is 129 Å². The van der Waals surface area contributed by atoms with Crippen molar-refractivity contribution >= 4 is 106 Å². The number of para-hydroxylation sites is 1. The Balaban J connectivity index is 1.86. The van der Waals surface area contributed by atoms with E-state index in [-0.39, 0.29) is 38.6 Å². The van der Waals surface area contributed by atoms with Gasteiger partial charge < -0.3 is 111 Å². The van der Waals surface area contributed by atoms with E-state index in [1.54, 1.807) is 74.6 Å². The molecular weight excluding hydrogens is 1380 g/mol. The van der Waals surface area contributed by atoms with Gasteiger partial charge in [-0.2, -0.15) is 0 Å². The van der Waals surface area contributed by atoms with Gasteiger partial charge in [-0.1, -0.05) is 114 Å². The maximum absolute atomic E-state index is 14.8. The third kappa shape index (κ3) is 29.9. The minimum atomic E-state index is -2.14. The van der Waals surface area contributed by atoms with Gasteiger partial charge in [-0.25, -0.2) is 4.79 Å². The normalized spacial score (nSPS) is 23.0. The van der Waals surface area contributed by atoms with Crippen LogP contribution in [0.15, 0.2) is 60.8 Å². The number of aromatic nitrogens is 1. The number of benzene rings is 2. The lowest BCUT2D eigenvalue weighted by Gasteiger charge is -2.30. The van der Waals surface area contributed by atoms with Crippen molar-refractivity contribution in [3.63, 3.8) is 0 Å². The molecule has 3 aromatic rings. The zero-order chi connectivity index (χ0) is 77.9. The average molecular weight is 1480 g/mol. The van der Waals surface area contributed by atoms with Crippen molar-refractivity contribution in [2.24, 2.45) is 23.1 Å². The Morgan fingerprint density at radius 3 is 1.65 bits per heavy atom. The van der Waals surface area contributed by atoms with Crippen molar-refractivity contribution in [3.8, 4) is 0 Å². The minimum Gasteiger partial charge on any atom is -0.481 e. The van der Waals surface area contributed by atoms with Crippen LogP contribution in [0, 0.1) is 5.92 Å². The molecule has 0 spiro atoms. The van der Waals surface area contributed by atoms with Gasteiger partial charge >= 0.3 is 17.9 Å². The zero-order valence-corrected chi connectivity index (χ0v) is 59.1. The Morgan fingerprint density at radius 2 is 1.10 bits per heavy atom. The Hall–Kier alpha value is -10.7. The molecule has 1 saturated heterocycles. The number of aromatic amines is 1. The maximum Gasteiger partial charge on any atom is 0.329 e. The molecule has 4 rings (SSSR count). The van der Waals surface area contributed by atoms with E-state index in [1.807, 2.05) is 5.32 Å². The quantitative estimate of drug-likeness (QED) is 0.0229. The minimum absolute atomic E-state index is 0.217. The van der Waals surface area contributed by atoms with Crippen LogP contribution in [-0.2, 0) is 94.3 Å². The number of esters is 1. The number of unbranched alkanes of at least 4 members (excludes halogenated alkanes) is 5. The smallest absolute Gasteiger partial charge is 0.329 e. The van der Waals surface area contributed by atoms with E-state index in [2.05, 4.69) is 70.4 Å². The Kier molecular flexibility index (Phi) is 37.0. The fourth-order valence-electron chi connectivity index (χ4n) is 11.1. The van der Waals surface area contributed by atoms with Crippen LogP contribution in [0.4, 0.5) is 0 Å². The van der Waals surface area contributed by atoms with Crippen molar-refractivity contribution in [1.29, 1.82) is 0 Å².